The average molecular weight is 363 g/mol. The molecule has 0 aromatic carbocycles. The molecule has 0 unspecified atom stereocenters. The van der Waals surface area contributed by atoms with Crippen molar-refractivity contribution in [1.82, 2.24) is 0 Å². The van der Waals surface area contributed by atoms with Crippen molar-refractivity contribution in [2.45, 2.75) is 71.3 Å². The van der Waals surface area contributed by atoms with E-state index in [9.17, 15) is 5.11 Å². The summed E-state index contributed by atoms with van der Waals surface area (Å²) in [7, 11) is 3.29. The summed E-state index contributed by atoms with van der Waals surface area (Å²) in [5.41, 5.74) is 2.72. The summed E-state index contributed by atoms with van der Waals surface area (Å²) >= 11 is 0. The van der Waals surface area contributed by atoms with E-state index < -0.39 is 0 Å². The molecule has 0 aliphatic heterocycles. The SMILES string of the molecule is CO/N=C1/CC[C@@]2(C)[C@H](C1)/C(=N\OC)C[C@@H]1[C@@H]2CC[C@]2(C)[C@@H](O)CC[C@@H]12. The van der Waals surface area contributed by atoms with Crippen molar-refractivity contribution in [2.24, 2.45) is 44.8 Å². The van der Waals surface area contributed by atoms with E-state index in [1.807, 2.05) is 0 Å². The first-order valence-corrected chi connectivity index (χ1v) is 10.3. The molecule has 0 saturated heterocycles. The van der Waals surface area contributed by atoms with Gasteiger partial charge in [0.25, 0.3) is 0 Å². The van der Waals surface area contributed by atoms with Gasteiger partial charge >= 0.3 is 0 Å². The highest BCUT2D eigenvalue weighted by molar-refractivity contribution is 5.95. The molecule has 4 saturated carbocycles. The average Bonchev–Trinajstić information content (AvgIpc) is 2.92. The van der Waals surface area contributed by atoms with E-state index in [1.165, 1.54) is 12.1 Å². The number of nitrogens with zero attached hydrogens (tertiary/aromatic N) is 2. The monoisotopic (exact) mass is 362 g/mol. The Balaban J connectivity index is 1.69. The standard InChI is InChI=1S/C21H34N2O3/c1-20-9-7-13(22-25-3)11-17(20)18(23-26-4)12-14-15-5-6-19(24)21(15,2)10-8-16(14)20/h14-17,19,24H,5-12H2,1-4H3/b22-13-,23-18-/t14-,15-,16-,17+,19-,20+,21-/m0/s1. The normalized spacial score (nSPS) is 50.9. The Kier molecular flexibility index (Phi) is 4.57. The first-order valence-electron chi connectivity index (χ1n) is 10.3. The van der Waals surface area contributed by atoms with Crippen molar-refractivity contribution in [3.05, 3.63) is 0 Å². The molecule has 4 rings (SSSR count). The van der Waals surface area contributed by atoms with Crippen LogP contribution in [0.4, 0.5) is 0 Å². The predicted molar refractivity (Wildman–Crippen MR) is 102 cm³/mol. The molecule has 7 atom stereocenters. The molecule has 146 valence electrons. The van der Waals surface area contributed by atoms with E-state index in [4.69, 9.17) is 9.68 Å². The summed E-state index contributed by atoms with van der Waals surface area (Å²) in [4.78, 5) is 10.3. The Labute approximate surface area is 157 Å². The first kappa shape index (κ1) is 18.3. The van der Waals surface area contributed by atoms with Crippen molar-refractivity contribution >= 4 is 11.4 Å². The summed E-state index contributed by atoms with van der Waals surface area (Å²) in [5.74, 6) is 2.37. The summed E-state index contributed by atoms with van der Waals surface area (Å²) in [5, 5.41) is 19.4. The minimum Gasteiger partial charge on any atom is -0.399 e. The van der Waals surface area contributed by atoms with Crippen LogP contribution in [0.5, 0.6) is 0 Å². The zero-order chi connectivity index (χ0) is 18.5. The molecule has 0 spiro atoms. The Bertz CT molecular complexity index is 618. The molecule has 26 heavy (non-hydrogen) atoms. The molecular weight excluding hydrogens is 328 g/mol. The second-order valence-corrected chi connectivity index (χ2v) is 9.59. The fourth-order valence-corrected chi connectivity index (χ4v) is 7.28. The quantitative estimate of drug-likeness (QED) is 0.755. The van der Waals surface area contributed by atoms with Crippen LogP contribution in [0.2, 0.25) is 0 Å². The highest BCUT2D eigenvalue weighted by Gasteiger charge is 2.61. The molecule has 0 radical (unpaired) electrons. The van der Waals surface area contributed by atoms with Gasteiger partial charge < -0.3 is 14.8 Å². The van der Waals surface area contributed by atoms with Crippen molar-refractivity contribution < 1.29 is 14.8 Å². The van der Waals surface area contributed by atoms with E-state index in [0.717, 1.165) is 56.6 Å². The Morgan fingerprint density at radius 3 is 2.38 bits per heavy atom. The molecule has 5 heteroatoms. The maximum absolute atomic E-state index is 10.6. The topological polar surface area (TPSA) is 63.4 Å². The van der Waals surface area contributed by atoms with Gasteiger partial charge in [-0.15, -0.1) is 0 Å². The lowest BCUT2D eigenvalue weighted by atomic mass is 9.44. The van der Waals surface area contributed by atoms with Gasteiger partial charge in [-0.25, -0.2) is 0 Å². The minimum absolute atomic E-state index is 0.0971. The second kappa shape index (κ2) is 6.50. The Morgan fingerprint density at radius 2 is 1.65 bits per heavy atom. The fraction of sp³-hybridized carbons (Fsp3) is 0.905. The van der Waals surface area contributed by atoms with Crippen LogP contribution in [0.1, 0.15) is 65.2 Å². The van der Waals surface area contributed by atoms with Crippen molar-refractivity contribution in [3.63, 3.8) is 0 Å². The first-order chi connectivity index (χ1) is 12.4. The third-order valence-electron chi connectivity index (χ3n) is 8.70. The van der Waals surface area contributed by atoms with Crippen LogP contribution in [-0.4, -0.2) is 36.9 Å². The van der Waals surface area contributed by atoms with Gasteiger partial charge in [-0.05, 0) is 80.0 Å². The van der Waals surface area contributed by atoms with E-state index in [-0.39, 0.29) is 16.9 Å². The van der Waals surface area contributed by atoms with Gasteiger partial charge in [0.15, 0.2) is 0 Å². The van der Waals surface area contributed by atoms with Gasteiger partial charge in [-0.1, -0.05) is 24.2 Å². The molecule has 0 bridgehead atoms. The smallest absolute Gasteiger partial charge is 0.106 e. The molecule has 5 nitrogen and oxygen atoms in total. The number of hydrogen-bond donors (Lipinski definition) is 1. The number of rotatable bonds is 2. The summed E-state index contributed by atoms with van der Waals surface area (Å²) in [6.45, 7) is 4.81. The summed E-state index contributed by atoms with van der Waals surface area (Å²) < 4.78 is 0. The van der Waals surface area contributed by atoms with E-state index in [0.29, 0.717) is 17.8 Å². The molecule has 4 fully saturated rings. The third kappa shape index (κ3) is 2.53. The molecule has 0 heterocycles. The highest BCUT2D eigenvalue weighted by Crippen LogP contribution is 2.65. The minimum atomic E-state index is -0.131. The van der Waals surface area contributed by atoms with Crippen LogP contribution in [0.3, 0.4) is 0 Å². The third-order valence-corrected chi connectivity index (χ3v) is 8.70. The number of aliphatic hydroxyl groups excluding tert-OH is 1. The van der Waals surface area contributed by atoms with Gasteiger partial charge in [-0.3, -0.25) is 0 Å². The molecule has 0 aromatic heterocycles. The number of fused-ring (bicyclic) bond motifs is 5. The zero-order valence-electron chi connectivity index (χ0n) is 16.7. The van der Waals surface area contributed by atoms with Crippen LogP contribution in [0.15, 0.2) is 10.3 Å². The van der Waals surface area contributed by atoms with Gasteiger partial charge in [0.2, 0.25) is 0 Å². The molecule has 4 aliphatic carbocycles. The molecule has 1 N–H and O–H groups in total. The Hall–Kier alpha value is -1.10. The summed E-state index contributed by atoms with van der Waals surface area (Å²) in [6, 6.07) is 0. The van der Waals surface area contributed by atoms with E-state index in [1.54, 1.807) is 14.2 Å². The van der Waals surface area contributed by atoms with Gasteiger partial charge in [0.1, 0.15) is 14.2 Å². The van der Waals surface area contributed by atoms with Crippen LogP contribution < -0.4 is 0 Å². The van der Waals surface area contributed by atoms with Crippen LogP contribution in [0, 0.1) is 34.5 Å². The number of aliphatic hydroxyl groups is 1. The lowest BCUT2D eigenvalue weighted by molar-refractivity contribution is -0.0850. The maximum Gasteiger partial charge on any atom is 0.106 e. The van der Waals surface area contributed by atoms with Gasteiger partial charge in [-0.2, -0.15) is 0 Å². The van der Waals surface area contributed by atoms with Crippen LogP contribution >= 0.6 is 0 Å². The van der Waals surface area contributed by atoms with Crippen LogP contribution in [-0.2, 0) is 9.68 Å². The van der Waals surface area contributed by atoms with Crippen molar-refractivity contribution in [2.75, 3.05) is 14.2 Å². The Morgan fingerprint density at radius 1 is 0.923 bits per heavy atom. The largest absolute Gasteiger partial charge is 0.399 e. The summed E-state index contributed by atoms with van der Waals surface area (Å²) in [6.07, 6.45) is 8.53. The highest BCUT2D eigenvalue weighted by atomic mass is 16.6. The molecule has 0 amide bonds. The number of oxime groups is 2. The molecule has 4 aliphatic rings. The second-order valence-electron chi connectivity index (χ2n) is 9.59. The van der Waals surface area contributed by atoms with E-state index >= 15 is 0 Å². The predicted octanol–water partition coefficient (Wildman–Crippen LogP) is 4.00. The lowest BCUT2D eigenvalue weighted by Crippen LogP contribution is -2.57. The zero-order valence-corrected chi connectivity index (χ0v) is 16.7. The van der Waals surface area contributed by atoms with Gasteiger partial charge in [0.05, 0.1) is 17.5 Å². The molecule has 0 aromatic rings. The van der Waals surface area contributed by atoms with Crippen molar-refractivity contribution in [1.29, 1.82) is 0 Å². The maximum atomic E-state index is 10.6. The fourth-order valence-electron chi connectivity index (χ4n) is 7.28. The van der Waals surface area contributed by atoms with Crippen LogP contribution in [0.25, 0.3) is 0 Å². The number of hydrogen-bond acceptors (Lipinski definition) is 5. The van der Waals surface area contributed by atoms with Gasteiger partial charge in [0, 0.05) is 5.92 Å². The van der Waals surface area contributed by atoms with Crippen molar-refractivity contribution in [3.8, 4) is 0 Å². The molecular formula is C21H34N2O3. The lowest BCUT2D eigenvalue weighted by Gasteiger charge is -2.60. The van der Waals surface area contributed by atoms with E-state index in [2.05, 4.69) is 24.2 Å².